The number of nitrogens with one attached hydrogen (secondary N) is 2. The number of hydrogen-bond donors (Lipinski definition) is 2. The normalized spacial score (nSPS) is 17.2. The van der Waals surface area contributed by atoms with Crippen molar-refractivity contribution in [3.8, 4) is 17.1 Å². The highest BCUT2D eigenvalue weighted by Gasteiger charge is 2.24. The number of carbonyl (C=O) groups excluding carboxylic acids is 2. The molecule has 0 bridgehead atoms. The first-order chi connectivity index (χ1) is 18.3. The first-order valence-electron chi connectivity index (χ1n) is 12.5. The number of pyridine rings is 1. The number of aromatic nitrogens is 5. The molecule has 202 valence electrons. The Morgan fingerprint density at radius 1 is 1.13 bits per heavy atom. The van der Waals surface area contributed by atoms with Gasteiger partial charge in [-0.3, -0.25) is 9.59 Å². The Hall–Kier alpha value is -3.93. The average Bonchev–Trinajstić information content (AvgIpc) is 3.37. The van der Waals surface area contributed by atoms with Gasteiger partial charge in [0.25, 0.3) is 5.91 Å². The molecule has 2 heterocycles. The van der Waals surface area contributed by atoms with Crippen molar-refractivity contribution in [2.75, 3.05) is 20.8 Å². The topological polar surface area (TPSA) is 133 Å². The first-order valence-corrected chi connectivity index (χ1v) is 12.5. The Morgan fingerprint density at radius 3 is 2.66 bits per heavy atom. The van der Waals surface area contributed by atoms with E-state index in [1.165, 1.54) is 26.4 Å². The van der Waals surface area contributed by atoms with E-state index in [1.54, 1.807) is 29.9 Å². The number of tetrazole rings is 1. The molecule has 11 nitrogen and oxygen atoms in total. The molecule has 0 saturated heterocycles. The number of halogens is 1. The molecule has 38 heavy (non-hydrogen) atoms. The van der Waals surface area contributed by atoms with Crippen LogP contribution in [0.5, 0.6) is 5.75 Å². The molecule has 2 aromatic heterocycles. The van der Waals surface area contributed by atoms with Crippen molar-refractivity contribution < 1.29 is 23.5 Å². The predicted octanol–water partition coefficient (Wildman–Crippen LogP) is 2.44. The lowest BCUT2D eigenvalue weighted by Crippen LogP contribution is -2.39. The summed E-state index contributed by atoms with van der Waals surface area (Å²) in [6, 6.07) is 8.02. The van der Waals surface area contributed by atoms with Crippen LogP contribution in [0.4, 0.5) is 4.39 Å². The van der Waals surface area contributed by atoms with Crippen LogP contribution in [-0.2, 0) is 22.6 Å². The van der Waals surface area contributed by atoms with E-state index in [0.717, 1.165) is 25.7 Å². The molecule has 1 saturated carbocycles. The molecular formula is C26H32FN7O4. The summed E-state index contributed by atoms with van der Waals surface area (Å²) in [5.41, 5.74) is 2.20. The zero-order valence-electron chi connectivity index (χ0n) is 21.7. The summed E-state index contributed by atoms with van der Waals surface area (Å²) in [6.07, 6.45) is 3.70. The van der Waals surface area contributed by atoms with Gasteiger partial charge in [0.2, 0.25) is 11.7 Å². The molecule has 0 atom stereocenters. The van der Waals surface area contributed by atoms with Crippen LogP contribution < -0.4 is 15.4 Å². The van der Waals surface area contributed by atoms with Gasteiger partial charge >= 0.3 is 0 Å². The van der Waals surface area contributed by atoms with Gasteiger partial charge in [0.15, 0.2) is 11.6 Å². The molecule has 1 fully saturated rings. The summed E-state index contributed by atoms with van der Waals surface area (Å²) in [5.74, 6) is -0.0162. The van der Waals surface area contributed by atoms with Crippen LogP contribution in [0.1, 0.15) is 47.4 Å². The van der Waals surface area contributed by atoms with E-state index in [1.807, 2.05) is 0 Å². The molecule has 0 spiro atoms. The standard InChI is InChI=1S/C26H32FN7O4/c1-16-10-19(12-22(29-16)26(36)28-13-18-6-9-21(27)23(11-18)38-3)25-31-33-34(32-25)14-17-4-7-20(8-5-17)30-24(35)15-37-2/h6,9-12,17,20H,4-5,7-8,13-15H2,1-3H3,(H,28,36)(H,30,35). The van der Waals surface area contributed by atoms with Crippen molar-refractivity contribution in [1.29, 1.82) is 0 Å². The Morgan fingerprint density at radius 2 is 1.92 bits per heavy atom. The van der Waals surface area contributed by atoms with Crippen LogP contribution >= 0.6 is 0 Å². The molecule has 12 heteroatoms. The SMILES string of the molecule is COCC(=O)NC1CCC(Cn2nnc(-c3cc(C)nc(C(=O)NCc4ccc(F)c(OC)c4)c3)n2)CC1. The lowest BCUT2D eigenvalue weighted by atomic mass is 9.86. The first kappa shape index (κ1) is 27.1. The van der Waals surface area contributed by atoms with Gasteiger partial charge in [-0.05, 0) is 73.6 Å². The number of amides is 2. The molecule has 2 amide bonds. The summed E-state index contributed by atoms with van der Waals surface area (Å²) < 4.78 is 23.5. The minimum absolute atomic E-state index is 0.0763. The van der Waals surface area contributed by atoms with Crippen molar-refractivity contribution in [1.82, 2.24) is 35.8 Å². The molecule has 2 N–H and O–H groups in total. The molecule has 3 aromatic rings. The highest BCUT2D eigenvalue weighted by Crippen LogP contribution is 2.26. The van der Waals surface area contributed by atoms with Crippen LogP contribution in [0.3, 0.4) is 0 Å². The molecule has 4 rings (SSSR count). The highest BCUT2D eigenvalue weighted by molar-refractivity contribution is 5.93. The molecular weight excluding hydrogens is 493 g/mol. The number of hydrogen-bond acceptors (Lipinski definition) is 8. The predicted molar refractivity (Wildman–Crippen MR) is 136 cm³/mol. The summed E-state index contributed by atoms with van der Waals surface area (Å²) in [6.45, 7) is 2.68. The second kappa shape index (κ2) is 12.5. The van der Waals surface area contributed by atoms with E-state index in [-0.39, 0.29) is 42.5 Å². The highest BCUT2D eigenvalue weighted by atomic mass is 19.1. The van der Waals surface area contributed by atoms with E-state index < -0.39 is 5.82 Å². The van der Waals surface area contributed by atoms with Crippen LogP contribution in [0.15, 0.2) is 30.3 Å². The average molecular weight is 526 g/mol. The minimum Gasteiger partial charge on any atom is -0.494 e. The Labute approximate surface area is 220 Å². The fraction of sp³-hybridized carbons (Fsp3) is 0.462. The smallest absolute Gasteiger partial charge is 0.270 e. The third kappa shape index (κ3) is 7.09. The van der Waals surface area contributed by atoms with E-state index in [0.29, 0.717) is 35.1 Å². The lowest BCUT2D eigenvalue weighted by Gasteiger charge is -2.28. The van der Waals surface area contributed by atoms with Gasteiger partial charge in [0.05, 0.1) is 13.7 Å². The molecule has 0 unspecified atom stereocenters. The summed E-state index contributed by atoms with van der Waals surface area (Å²) in [5, 5.41) is 18.7. The van der Waals surface area contributed by atoms with E-state index in [9.17, 15) is 14.0 Å². The van der Waals surface area contributed by atoms with Crippen molar-refractivity contribution in [2.45, 2.75) is 51.7 Å². The van der Waals surface area contributed by atoms with Gasteiger partial charge in [-0.15, -0.1) is 10.2 Å². The van der Waals surface area contributed by atoms with Crippen molar-refractivity contribution >= 4 is 11.8 Å². The van der Waals surface area contributed by atoms with Gasteiger partial charge in [-0.1, -0.05) is 6.07 Å². The third-order valence-electron chi connectivity index (χ3n) is 6.47. The van der Waals surface area contributed by atoms with E-state index in [4.69, 9.17) is 9.47 Å². The number of nitrogens with zero attached hydrogens (tertiary/aromatic N) is 5. The van der Waals surface area contributed by atoms with Gasteiger partial charge < -0.3 is 20.1 Å². The summed E-state index contributed by atoms with van der Waals surface area (Å²) >= 11 is 0. The Bertz CT molecular complexity index is 1270. The molecule has 1 aliphatic rings. The fourth-order valence-electron chi connectivity index (χ4n) is 4.56. The second-order valence-electron chi connectivity index (χ2n) is 9.42. The molecule has 0 radical (unpaired) electrons. The summed E-state index contributed by atoms with van der Waals surface area (Å²) in [4.78, 5) is 30.5. The third-order valence-corrected chi connectivity index (χ3v) is 6.47. The van der Waals surface area contributed by atoms with Crippen LogP contribution in [0.25, 0.3) is 11.4 Å². The van der Waals surface area contributed by atoms with Crippen molar-refractivity contribution in [2.24, 2.45) is 5.92 Å². The molecule has 1 aliphatic carbocycles. The number of ether oxygens (including phenoxy) is 2. The monoisotopic (exact) mass is 525 g/mol. The maximum atomic E-state index is 13.6. The quantitative estimate of drug-likeness (QED) is 0.412. The van der Waals surface area contributed by atoms with Crippen LogP contribution in [0, 0.1) is 18.7 Å². The number of carbonyl (C=O) groups is 2. The molecule has 1 aromatic carbocycles. The second-order valence-corrected chi connectivity index (χ2v) is 9.42. The van der Waals surface area contributed by atoms with E-state index >= 15 is 0 Å². The fourth-order valence-corrected chi connectivity index (χ4v) is 4.56. The Balaban J connectivity index is 1.35. The Kier molecular flexibility index (Phi) is 8.95. The van der Waals surface area contributed by atoms with E-state index in [2.05, 4.69) is 31.0 Å². The number of aryl methyl sites for hydroxylation is 1. The van der Waals surface area contributed by atoms with Crippen LogP contribution in [0.2, 0.25) is 0 Å². The summed E-state index contributed by atoms with van der Waals surface area (Å²) in [7, 11) is 2.90. The van der Waals surface area contributed by atoms with Gasteiger partial charge in [0, 0.05) is 31.0 Å². The number of methoxy groups -OCH3 is 2. The minimum atomic E-state index is -0.466. The maximum absolute atomic E-state index is 13.6. The number of rotatable bonds is 10. The van der Waals surface area contributed by atoms with Gasteiger partial charge in [-0.25, -0.2) is 9.37 Å². The van der Waals surface area contributed by atoms with Crippen molar-refractivity contribution in [3.63, 3.8) is 0 Å². The maximum Gasteiger partial charge on any atom is 0.270 e. The zero-order chi connectivity index (χ0) is 27.1. The van der Waals surface area contributed by atoms with Gasteiger partial charge in [-0.2, -0.15) is 4.80 Å². The largest absolute Gasteiger partial charge is 0.494 e. The zero-order valence-corrected chi connectivity index (χ0v) is 21.7. The number of benzene rings is 1. The van der Waals surface area contributed by atoms with Crippen LogP contribution in [-0.4, -0.2) is 63.9 Å². The lowest BCUT2D eigenvalue weighted by molar-refractivity contribution is -0.125. The van der Waals surface area contributed by atoms with Gasteiger partial charge in [0.1, 0.15) is 12.3 Å². The van der Waals surface area contributed by atoms with Crippen molar-refractivity contribution in [3.05, 3.63) is 53.1 Å². The molecule has 0 aliphatic heterocycles.